The smallest absolute Gasteiger partial charge is 0.0111 e. The molecule has 0 fully saturated rings. The van der Waals surface area contributed by atoms with Crippen molar-refractivity contribution in [3.63, 3.8) is 0 Å². The second-order valence-electron chi connectivity index (χ2n) is 1.71. The van der Waals surface area contributed by atoms with E-state index >= 15 is 0 Å². The zero-order valence-electron chi connectivity index (χ0n) is 4.99. The van der Waals surface area contributed by atoms with Gasteiger partial charge in [0.05, 0.1) is 0 Å². The summed E-state index contributed by atoms with van der Waals surface area (Å²) in [4.78, 5) is 0. The fourth-order valence-electron chi connectivity index (χ4n) is 0.542. The predicted molar refractivity (Wildman–Crippen MR) is 30.0 cm³/mol. The van der Waals surface area contributed by atoms with E-state index in [9.17, 15) is 4.39 Å². The first-order valence-electron chi connectivity index (χ1n) is 2.43. The van der Waals surface area contributed by atoms with Gasteiger partial charge >= 0.3 is 0 Å². The summed E-state index contributed by atoms with van der Waals surface area (Å²) in [5, 5.41) is 0. The Balaban J connectivity index is 0.000000640. The number of benzene rings is 1. The van der Waals surface area contributed by atoms with Crippen molar-refractivity contribution in [2.45, 2.75) is 6.92 Å². The van der Waals surface area contributed by atoms with Crippen LogP contribution in [0.3, 0.4) is 0 Å². The molecule has 0 nitrogen and oxygen atoms in total. The van der Waals surface area contributed by atoms with Crippen molar-refractivity contribution in [1.29, 1.82) is 0 Å². The molecule has 0 amide bonds. The molecule has 0 unspecified atom stereocenters. The largest absolute Gasteiger partial charge is 0.236 e. The Labute approximate surface area is 61.9 Å². The molecule has 1 radical (unpaired) electrons. The van der Waals surface area contributed by atoms with Crippen molar-refractivity contribution in [1.82, 2.24) is 0 Å². The van der Waals surface area contributed by atoms with Crippen molar-refractivity contribution in [2.75, 3.05) is 0 Å². The maximum Gasteiger partial charge on any atom is 0.0111 e. The maximum atomic E-state index is 12.1. The molecule has 0 bridgehead atoms. The van der Waals surface area contributed by atoms with Gasteiger partial charge in [-0.2, -0.15) is 17.7 Å². The van der Waals surface area contributed by atoms with E-state index in [2.05, 4.69) is 6.07 Å². The van der Waals surface area contributed by atoms with Crippen LogP contribution in [0.2, 0.25) is 0 Å². The van der Waals surface area contributed by atoms with Crippen LogP contribution < -0.4 is 0 Å². The first kappa shape index (κ1) is 8.54. The Hall–Kier alpha value is -0.460. The average Bonchev–Trinajstić information content (AvgIpc) is 1.64. The van der Waals surface area contributed by atoms with Gasteiger partial charge in [-0.05, 0) is 0 Å². The van der Waals surface area contributed by atoms with Gasteiger partial charge < -0.3 is 0 Å². The summed E-state index contributed by atoms with van der Waals surface area (Å²) in [7, 11) is 0. The molecule has 9 heavy (non-hydrogen) atoms. The fourth-order valence-corrected chi connectivity index (χ4v) is 0.542. The molecule has 49 valence electrons. The summed E-state index contributed by atoms with van der Waals surface area (Å²) in [6.07, 6.45) is 0. The third kappa shape index (κ3) is 2.54. The van der Waals surface area contributed by atoms with Gasteiger partial charge in [0, 0.05) is 20.1 Å². The first-order valence-corrected chi connectivity index (χ1v) is 2.43. The molecule has 0 aromatic heterocycles. The van der Waals surface area contributed by atoms with Crippen LogP contribution in [0.5, 0.6) is 0 Å². The monoisotopic (exact) mass is 350 g/mol. The predicted octanol–water partition coefficient (Wildman–Crippen LogP) is 1.93. The van der Waals surface area contributed by atoms with E-state index in [0.717, 1.165) is 5.56 Å². The second kappa shape index (κ2) is 3.54. The van der Waals surface area contributed by atoms with Crippen LogP contribution in [0, 0.1) is 33.1 Å². The molecule has 0 heterocycles. The van der Waals surface area contributed by atoms with Gasteiger partial charge in [-0.15, -0.1) is 12.1 Å². The van der Waals surface area contributed by atoms with Crippen molar-refractivity contribution in [3.8, 4) is 0 Å². The molecule has 0 atom stereocenters. The van der Waals surface area contributed by atoms with Gasteiger partial charge in [0.1, 0.15) is 0 Å². The standard InChI is InChI=1S/C7H6F.Am/c1-6-3-2-4-7(8)5-6;/h2-3,5H,1H3;/q-1;. The van der Waals surface area contributed by atoms with E-state index in [0.29, 0.717) is 0 Å². The molecule has 0 aliphatic carbocycles. The molecule has 1 aromatic carbocycles. The van der Waals surface area contributed by atoms with E-state index < -0.39 is 0 Å². The average molecular weight is 352 g/mol. The Morgan fingerprint density at radius 1 is 1.56 bits per heavy atom. The number of hydrogen-bond donors (Lipinski definition) is 0. The van der Waals surface area contributed by atoms with E-state index in [1.54, 1.807) is 6.07 Å². The number of aryl methyl sites for hydroxylation is 1. The number of hydrogen-bond acceptors (Lipinski definition) is 0. The second-order valence-corrected chi connectivity index (χ2v) is 1.71. The molecule has 1 rings (SSSR count). The quantitative estimate of drug-likeness (QED) is 0.626. The summed E-state index contributed by atoms with van der Waals surface area (Å²) in [5.74, 6) is -0.287. The number of halogens is 1. The summed E-state index contributed by atoms with van der Waals surface area (Å²) < 4.78 is 12.1. The summed E-state index contributed by atoms with van der Waals surface area (Å²) in [6, 6.07) is 7.23. The molecule has 0 aliphatic rings. The van der Waals surface area contributed by atoms with Crippen LogP contribution in [0.1, 0.15) is 5.56 Å². The van der Waals surface area contributed by atoms with Gasteiger partial charge in [0.25, 0.3) is 0 Å². The fraction of sp³-hybridized carbons (Fsp3) is 0.143. The SMILES string of the molecule is Cc1cc[c-]c(F)c1.[Am]. The minimum atomic E-state index is -0.287. The third-order valence-corrected chi connectivity index (χ3v) is 0.922. The van der Waals surface area contributed by atoms with E-state index in [1.165, 1.54) is 6.07 Å². The van der Waals surface area contributed by atoms with Gasteiger partial charge in [-0.3, -0.25) is 0 Å². The molecule has 0 saturated carbocycles. The van der Waals surface area contributed by atoms with Crippen molar-refractivity contribution in [3.05, 3.63) is 35.6 Å². The van der Waals surface area contributed by atoms with Crippen molar-refractivity contribution in [2.24, 2.45) is 0 Å². The molecule has 1 aromatic rings. The van der Waals surface area contributed by atoms with Crippen LogP contribution in [0.4, 0.5) is 4.39 Å². The van der Waals surface area contributed by atoms with Crippen LogP contribution in [-0.2, 0) is 0 Å². The summed E-state index contributed by atoms with van der Waals surface area (Å²) in [6.45, 7) is 1.84. The van der Waals surface area contributed by atoms with Crippen molar-refractivity contribution >= 4 is 0 Å². The van der Waals surface area contributed by atoms with Crippen LogP contribution >= 0.6 is 0 Å². The molecule has 0 saturated heterocycles. The molecule has 2 heteroatoms. The molecule has 0 aliphatic heterocycles. The molecule has 0 N–H and O–H groups in total. The van der Waals surface area contributed by atoms with Crippen molar-refractivity contribution < 1.29 is 18.7 Å². The van der Waals surface area contributed by atoms with Crippen LogP contribution in [0.15, 0.2) is 18.2 Å². The zero-order chi connectivity index (χ0) is 5.98. The Morgan fingerprint density at radius 2 is 2.22 bits per heavy atom. The van der Waals surface area contributed by atoms with E-state index in [-0.39, 0.29) is 20.1 Å². The Kier molecular flexibility index (Phi) is 3.36. The molecule has 0 spiro atoms. The van der Waals surface area contributed by atoms with Crippen LogP contribution in [-0.4, -0.2) is 0 Å². The van der Waals surface area contributed by atoms with Crippen LogP contribution in [0.25, 0.3) is 0 Å². The zero-order valence-corrected chi connectivity index (χ0v) is 8.14. The Morgan fingerprint density at radius 3 is 2.56 bits per heavy atom. The van der Waals surface area contributed by atoms with Gasteiger partial charge in [-0.1, -0.05) is 6.92 Å². The Bertz CT molecular complexity index is 169. The minimum absolute atomic E-state index is 0. The van der Waals surface area contributed by atoms with E-state index in [1.807, 2.05) is 13.0 Å². The minimum Gasteiger partial charge on any atom is -0.236 e. The third-order valence-electron chi connectivity index (χ3n) is 0.922. The van der Waals surface area contributed by atoms with Gasteiger partial charge in [0.2, 0.25) is 0 Å². The maximum absolute atomic E-state index is 12.1. The molecular formula is C7H6AmF-. The topological polar surface area (TPSA) is 0 Å². The van der Waals surface area contributed by atoms with Gasteiger partial charge in [0.15, 0.2) is 0 Å². The first-order chi connectivity index (χ1) is 3.79. The van der Waals surface area contributed by atoms with Gasteiger partial charge in [-0.25, -0.2) is 4.39 Å². The number of rotatable bonds is 0. The summed E-state index contributed by atoms with van der Waals surface area (Å²) >= 11 is 0. The normalized spacial score (nSPS) is 8.22. The summed E-state index contributed by atoms with van der Waals surface area (Å²) in [5.41, 5.74) is 0.932. The van der Waals surface area contributed by atoms with E-state index in [4.69, 9.17) is 0 Å². The molecular weight excluding hydrogens is 346 g/mol.